The molecule has 3 nitrogen and oxygen atoms in total. The Morgan fingerprint density at radius 2 is 1.95 bits per heavy atom. The molecule has 0 amide bonds. The number of methoxy groups -OCH3 is 1. The molecular weight excluding hydrogens is 269 g/mol. The summed E-state index contributed by atoms with van der Waals surface area (Å²) in [5.41, 5.74) is 2.74. The summed E-state index contributed by atoms with van der Waals surface area (Å²) in [7, 11) is 1.34. The fraction of sp³-hybridized carbons (Fsp3) is 0.0588. The van der Waals surface area contributed by atoms with Crippen LogP contribution < -0.4 is 0 Å². The highest BCUT2D eigenvalue weighted by molar-refractivity contribution is 5.95. The van der Waals surface area contributed by atoms with Gasteiger partial charge in [0.2, 0.25) is 0 Å². The molecule has 2 aromatic carbocycles. The Kier molecular flexibility index (Phi) is 3.36. The SMILES string of the molecule is COC(=O)c1ccc2cc(-c3cccc(F)c3)cnc2c1. The van der Waals surface area contributed by atoms with Crippen LogP contribution >= 0.6 is 0 Å². The number of esters is 1. The van der Waals surface area contributed by atoms with E-state index in [1.165, 1.54) is 19.2 Å². The fourth-order valence-corrected chi connectivity index (χ4v) is 2.19. The van der Waals surface area contributed by atoms with Crippen molar-refractivity contribution in [3.63, 3.8) is 0 Å². The second kappa shape index (κ2) is 5.32. The van der Waals surface area contributed by atoms with E-state index in [0.717, 1.165) is 16.5 Å². The van der Waals surface area contributed by atoms with Crippen LogP contribution in [0.1, 0.15) is 10.4 Å². The zero-order chi connectivity index (χ0) is 14.8. The first-order valence-electron chi connectivity index (χ1n) is 6.41. The summed E-state index contributed by atoms with van der Waals surface area (Å²) in [4.78, 5) is 15.8. The number of rotatable bonds is 2. The van der Waals surface area contributed by atoms with Crippen molar-refractivity contribution in [1.82, 2.24) is 4.98 Å². The monoisotopic (exact) mass is 281 g/mol. The summed E-state index contributed by atoms with van der Waals surface area (Å²) >= 11 is 0. The largest absolute Gasteiger partial charge is 0.465 e. The highest BCUT2D eigenvalue weighted by atomic mass is 19.1. The average molecular weight is 281 g/mol. The minimum absolute atomic E-state index is 0.284. The number of nitrogens with zero attached hydrogens (tertiary/aromatic N) is 1. The molecule has 0 fully saturated rings. The van der Waals surface area contributed by atoms with E-state index in [2.05, 4.69) is 9.72 Å². The third-order valence-electron chi connectivity index (χ3n) is 3.26. The van der Waals surface area contributed by atoms with Crippen molar-refractivity contribution in [1.29, 1.82) is 0 Å². The molecule has 0 atom stereocenters. The van der Waals surface area contributed by atoms with Crippen molar-refractivity contribution >= 4 is 16.9 Å². The maximum atomic E-state index is 13.3. The molecule has 0 saturated carbocycles. The molecule has 0 saturated heterocycles. The summed E-state index contributed by atoms with van der Waals surface area (Å²) < 4.78 is 18.0. The number of carbonyl (C=O) groups excluding carboxylic acids is 1. The zero-order valence-electron chi connectivity index (χ0n) is 11.3. The lowest BCUT2D eigenvalue weighted by Crippen LogP contribution is -2.00. The molecule has 0 aliphatic carbocycles. The van der Waals surface area contributed by atoms with E-state index in [1.807, 2.05) is 12.1 Å². The van der Waals surface area contributed by atoms with E-state index in [-0.39, 0.29) is 5.82 Å². The molecule has 0 bridgehead atoms. The molecule has 1 aromatic heterocycles. The number of benzene rings is 2. The van der Waals surface area contributed by atoms with Crippen LogP contribution in [0.3, 0.4) is 0 Å². The molecule has 0 N–H and O–H groups in total. The molecule has 4 heteroatoms. The molecular formula is C17H12FNO2. The Hall–Kier alpha value is -2.75. The van der Waals surface area contributed by atoms with Gasteiger partial charge in [0.15, 0.2) is 0 Å². The standard InChI is InChI=1S/C17H12FNO2/c1-21-17(20)13-6-5-12-7-14(10-19-16(12)9-13)11-3-2-4-15(18)8-11/h2-10H,1H3. The first-order valence-corrected chi connectivity index (χ1v) is 6.41. The molecule has 0 unspecified atom stereocenters. The van der Waals surface area contributed by atoms with Gasteiger partial charge in [0, 0.05) is 17.1 Å². The van der Waals surface area contributed by atoms with Crippen molar-refractivity contribution in [2.45, 2.75) is 0 Å². The van der Waals surface area contributed by atoms with E-state index < -0.39 is 5.97 Å². The van der Waals surface area contributed by atoms with Crippen LogP contribution in [0, 0.1) is 5.82 Å². The van der Waals surface area contributed by atoms with Gasteiger partial charge in [-0.2, -0.15) is 0 Å². The van der Waals surface area contributed by atoms with Gasteiger partial charge in [0.25, 0.3) is 0 Å². The summed E-state index contributed by atoms with van der Waals surface area (Å²) in [6.07, 6.45) is 1.66. The number of fused-ring (bicyclic) bond motifs is 1. The maximum absolute atomic E-state index is 13.3. The van der Waals surface area contributed by atoms with Crippen LogP contribution in [0.2, 0.25) is 0 Å². The number of hydrogen-bond acceptors (Lipinski definition) is 3. The lowest BCUT2D eigenvalue weighted by atomic mass is 10.0. The van der Waals surface area contributed by atoms with Crippen molar-refractivity contribution < 1.29 is 13.9 Å². The minimum Gasteiger partial charge on any atom is -0.465 e. The Morgan fingerprint density at radius 1 is 1.10 bits per heavy atom. The van der Waals surface area contributed by atoms with E-state index in [9.17, 15) is 9.18 Å². The Labute approximate surface area is 121 Å². The van der Waals surface area contributed by atoms with Crippen molar-refractivity contribution in [2.75, 3.05) is 7.11 Å². The second-order valence-corrected chi connectivity index (χ2v) is 4.63. The molecule has 0 aliphatic rings. The Balaban J connectivity index is 2.07. The van der Waals surface area contributed by atoms with Gasteiger partial charge >= 0.3 is 5.97 Å². The quantitative estimate of drug-likeness (QED) is 0.670. The van der Waals surface area contributed by atoms with Gasteiger partial charge in [-0.05, 0) is 35.9 Å². The first kappa shape index (κ1) is 13.2. The van der Waals surface area contributed by atoms with Gasteiger partial charge in [-0.3, -0.25) is 4.98 Å². The molecule has 0 spiro atoms. The zero-order valence-corrected chi connectivity index (χ0v) is 11.3. The predicted molar refractivity (Wildman–Crippen MR) is 78.5 cm³/mol. The number of carbonyl (C=O) groups is 1. The summed E-state index contributed by atoms with van der Waals surface area (Å²) in [5, 5.41) is 0.879. The van der Waals surface area contributed by atoms with Crippen LogP contribution in [0.5, 0.6) is 0 Å². The highest BCUT2D eigenvalue weighted by Crippen LogP contribution is 2.24. The van der Waals surface area contributed by atoms with E-state index in [4.69, 9.17) is 0 Å². The van der Waals surface area contributed by atoms with Crippen molar-refractivity contribution in [3.8, 4) is 11.1 Å². The highest BCUT2D eigenvalue weighted by Gasteiger charge is 2.07. The molecule has 3 aromatic rings. The molecule has 0 radical (unpaired) electrons. The van der Waals surface area contributed by atoms with E-state index in [0.29, 0.717) is 11.1 Å². The molecule has 21 heavy (non-hydrogen) atoms. The third kappa shape index (κ3) is 2.60. The van der Waals surface area contributed by atoms with Gasteiger partial charge in [-0.25, -0.2) is 9.18 Å². The van der Waals surface area contributed by atoms with Gasteiger partial charge in [-0.15, -0.1) is 0 Å². The minimum atomic E-state index is -0.395. The van der Waals surface area contributed by atoms with Gasteiger partial charge < -0.3 is 4.74 Å². The van der Waals surface area contributed by atoms with Gasteiger partial charge in [0.1, 0.15) is 5.82 Å². The Bertz CT molecular complexity index is 830. The van der Waals surface area contributed by atoms with Gasteiger partial charge in [0.05, 0.1) is 18.2 Å². The molecule has 104 valence electrons. The number of hydrogen-bond donors (Lipinski definition) is 0. The molecule has 0 aliphatic heterocycles. The van der Waals surface area contributed by atoms with E-state index in [1.54, 1.807) is 30.5 Å². The predicted octanol–water partition coefficient (Wildman–Crippen LogP) is 3.83. The summed E-state index contributed by atoms with van der Waals surface area (Å²) in [6.45, 7) is 0. The van der Waals surface area contributed by atoms with Crippen molar-refractivity contribution in [2.24, 2.45) is 0 Å². The second-order valence-electron chi connectivity index (χ2n) is 4.63. The maximum Gasteiger partial charge on any atom is 0.337 e. The van der Waals surface area contributed by atoms with Crippen LogP contribution in [-0.2, 0) is 4.74 Å². The topological polar surface area (TPSA) is 39.2 Å². The van der Waals surface area contributed by atoms with Gasteiger partial charge in [-0.1, -0.05) is 18.2 Å². The number of halogens is 1. The van der Waals surface area contributed by atoms with Crippen LogP contribution in [0.4, 0.5) is 4.39 Å². The number of pyridine rings is 1. The van der Waals surface area contributed by atoms with Crippen LogP contribution in [-0.4, -0.2) is 18.1 Å². The average Bonchev–Trinajstić information content (AvgIpc) is 2.53. The summed E-state index contributed by atoms with van der Waals surface area (Å²) in [5.74, 6) is -0.679. The van der Waals surface area contributed by atoms with Crippen molar-refractivity contribution in [3.05, 3.63) is 66.1 Å². The number of ether oxygens (including phenoxy) is 1. The lowest BCUT2D eigenvalue weighted by Gasteiger charge is -2.05. The van der Waals surface area contributed by atoms with E-state index >= 15 is 0 Å². The van der Waals surface area contributed by atoms with Crippen LogP contribution in [0.25, 0.3) is 22.0 Å². The number of aromatic nitrogens is 1. The third-order valence-corrected chi connectivity index (χ3v) is 3.26. The lowest BCUT2D eigenvalue weighted by molar-refractivity contribution is 0.0601. The smallest absolute Gasteiger partial charge is 0.337 e. The van der Waals surface area contributed by atoms with Crippen LogP contribution in [0.15, 0.2) is 54.7 Å². The Morgan fingerprint density at radius 3 is 2.71 bits per heavy atom. The fourth-order valence-electron chi connectivity index (χ4n) is 2.19. The normalized spacial score (nSPS) is 10.6. The molecule has 3 rings (SSSR count). The molecule has 1 heterocycles. The first-order chi connectivity index (χ1) is 10.2. The summed E-state index contributed by atoms with van der Waals surface area (Å²) in [6, 6.07) is 13.4.